The Morgan fingerprint density at radius 2 is 1.74 bits per heavy atom. The molecule has 1 aliphatic rings. The van der Waals surface area contributed by atoms with E-state index < -0.39 is 20.6 Å². The first-order valence-electron chi connectivity index (χ1n) is 12.5. The second kappa shape index (κ2) is 10.3. The van der Waals surface area contributed by atoms with Crippen LogP contribution in [-0.4, -0.2) is 61.3 Å². The maximum absolute atomic E-state index is 15.0. The summed E-state index contributed by atoms with van der Waals surface area (Å²) in [5, 5.41) is 4.94. The molecule has 1 saturated heterocycles. The van der Waals surface area contributed by atoms with Gasteiger partial charge < -0.3 is 15.1 Å². The van der Waals surface area contributed by atoms with Crippen molar-refractivity contribution in [2.45, 2.75) is 25.5 Å². The number of hydrogen-bond acceptors (Lipinski definition) is 8. The Labute approximate surface area is 230 Å². The predicted octanol–water partition coefficient (Wildman–Crippen LogP) is 5.67. The number of rotatable bonds is 6. The van der Waals surface area contributed by atoms with Crippen molar-refractivity contribution in [3.8, 4) is 11.1 Å². The first-order valence-corrected chi connectivity index (χ1v) is 14.8. The lowest BCUT2D eigenvalue weighted by atomic mass is 10.1. The molecule has 1 fully saturated rings. The van der Waals surface area contributed by atoms with E-state index in [1.807, 2.05) is 10.3 Å². The molecule has 2 aromatic carbocycles. The molecule has 206 valence electrons. The highest BCUT2D eigenvalue weighted by atomic mass is 32.2. The van der Waals surface area contributed by atoms with E-state index in [9.17, 15) is 17.2 Å². The van der Waals surface area contributed by atoms with Gasteiger partial charge in [0.05, 0.1) is 32.5 Å². The number of hydrogen-bond donors (Lipinski definition) is 2. The highest BCUT2D eigenvalue weighted by Gasteiger charge is 2.30. The first-order chi connectivity index (χ1) is 18.4. The van der Waals surface area contributed by atoms with Crippen LogP contribution in [0.4, 0.5) is 31.8 Å². The Balaban J connectivity index is 1.41. The van der Waals surface area contributed by atoms with Gasteiger partial charge in [-0.2, -0.15) is 0 Å². The monoisotopic (exact) mass is 572 g/mol. The minimum absolute atomic E-state index is 0.134. The third kappa shape index (κ3) is 5.68. The fraction of sp³-hybridized carbons (Fsp3) is 0.333. The number of piperazine rings is 1. The molecule has 39 heavy (non-hydrogen) atoms. The minimum Gasteiger partial charge on any atom is -0.367 e. The van der Waals surface area contributed by atoms with E-state index in [0.29, 0.717) is 28.0 Å². The lowest BCUT2D eigenvalue weighted by molar-refractivity contribution is 0.311. The third-order valence-corrected chi connectivity index (χ3v) is 9.70. The number of nitrogens with zero attached hydrogens (tertiary/aromatic N) is 4. The number of benzene rings is 2. The van der Waals surface area contributed by atoms with E-state index in [0.717, 1.165) is 30.9 Å². The number of thiophene rings is 1. The smallest absolute Gasteiger partial charge is 0.237 e. The summed E-state index contributed by atoms with van der Waals surface area (Å²) in [5.41, 5.74) is 2.87. The van der Waals surface area contributed by atoms with Gasteiger partial charge >= 0.3 is 0 Å². The van der Waals surface area contributed by atoms with Crippen LogP contribution in [-0.2, 0) is 10.0 Å². The zero-order valence-corrected chi connectivity index (χ0v) is 23.8. The second-order valence-corrected chi connectivity index (χ2v) is 13.9. The molecule has 0 atom stereocenters. The van der Waals surface area contributed by atoms with Gasteiger partial charge in [-0.05, 0) is 63.7 Å². The van der Waals surface area contributed by atoms with Crippen molar-refractivity contribution in [3.63, 3.8) is 0 Å². The van der Waals surface area contributed by atoms with Crippen LogP contribution in [0, 0.1) is 11.6 Å². The number of halogens is 2. The van der Waals surface area contributed by atoms with Crippen LogP contribution < -0.4 is 14.9 Å². The van der Waals surface area contributed by atoms with Gasteiger partial charge in [-0.3, -0.25) is 4.72 Å². The van der Waals surface area contributed by atoms with Crippen LogP contribution in [0.15, 0.2) is 48.0 Å². The molecule has 2 N–H and O–H groups in total. The number of aromatic nitrogens is 2. The van der Waals surface area contributed by atoms with Gasteiger partial charge in [-0.1, -0.05) is 6.07 Å². The molecule has 0 radical (unpaired) electrons. The first kappa shape index (κ1) is 27.2. The summed E-state index contributed by atoms with van der Waals surface area (Å²) in [7, 11) is -1.76. The Kier molecular flexibility index (Phi) is 7.21. The van der Waals surface area contributed by atoms with Crippen molar-refractivity contribution in [3.05, 3.63) is 59.6 Å². The molecule has 3 heterocycles. The topological polar surface area (TPSA) is 90.5 Å². The van der Waals surface area contributed by atoms with E-state index in [1.165, 1.54) is 29.5 Å². The number of nitrogens with one attached hydrogen (secondary N) is 2. The Morgan fingerprint density at radius 1 is 1.00 bits per heavy atom. The van der Waals surface area contributed by atoms with Gasteiger partial charge in [0.1, 0.15) is 11.6 Å². The lowest BCUT2D eigenvalue weighted by Gasteiger charge is -2.34. The van der Waals surface area contributed by atoms with Crippen molar-refractivity contribution in [1.29, 1.82) is 0 Å². The normalized spacial score (nSPS) is 15.1. The molecule has 12 heteroatoms. The van der Waals surface area contributed by atoms with E-state index in [4.69, 9.17) is 0 Å². The van der Waals surface area contributed by atoms with Gasteiger partial charge in [0.25, 0.3) is 0 Å². The molecule has 0 bridgehead atoms. The van der Waals surface area contributed by atoms with Gasteiger partial charge in [0, 0.05) is 42.8 Å². The van der Waals surface area contributed by atoms with Crippen LogP contribution in [0.5, 0.6) is 0 Å². The summed E-state index contributed by atoms with van der Waals surface area (Å²) in [6.45, 7) is 7.93. The molecule has 8 nitrogen and oxygen atoms in total. The average molecular weight is 573 g/mol. The Bertz CT molecular complexity index is 1630. The van der Waals surface area contributed by atoms with E-state index >= 15 is 0 Å². The molecule has 0 amide bonds. The van der Waals surface area contributed by atoms with E-state index in [2.05, 4.69) is 32.0 Å². The van der Waals surface area contributed by atoms with Crippen molar-refractivity contribution in [1.82, 2.24) is 14.9 Å². The molecule has 0 aliphatic carbocycles. The average Bonchev–Trinajstić information content (AvgIpc) is 3.29. The van der Waals surface area contributed by atoms with Gasteiger partial charge in [-0.15, -0.1) is 11.3 Å². The van der Waals surface area contributed by atoms with Gasteiger partial charge in [-0.25, -0.2) is 27.2 Å². The molecular weight excluding hydrogens is 542 g/mol. The minimum atomic E-state index is -3.82. The van der Waals surface area contributed by atoms with E-state index in [1.54, 1.807) is 45.2 Å². The Hall–Kier alpha value is -3.35. The van der Waals surface area contributed by atoms with Gasteiger partial charge in [0.2, 0.25) is 16.0 Å². The van der Waals surface area contributed by atoms with Crippen LogP contribution in [0.3, 0.4) is 0 Å². The lowest BCUT2D eigenvalue weighted by Crippen LogP contribution is -2.44. The van der Waals surface area contributed by atoms with Crippen LogP contribution >= 0.6 is 11.3 Å². The van der Waals surface area contributed by atoms with Crippen LogP contribution in [0.1, 0.15) is 20.8 Å². The van der Waals surface area contributed by atoms with E-state index in [-0.39, 0.29) is 17.5 Å². The molecule has 0 unspecified atom stereocenters. The summed E-state index contributed by atoms with van der Waals surface area (Å²) in [6, 6.07) is 9.26. The number of sulfonamides is 1. The zero-order valence-electron chi connectivity index (χ0n) is 22.1. The van der Waals surface area contributed by atoms with Crippen molar-refractivity contribution in [2.75, 3.05) is 48.2 Å². The molecular formula is C27H30F2N6O2S2. The molecule has 2 aromatic heterocycles. The summed E-state index contributed by atoms with van der Waals surface area (Å²) in [5.74, 6) is -0.715. The fourth-order valence-electron chi connectivity index (χ4n) is 4.18. The fourth-order valence-corrected chi connectivity index (χ4v) is 5.81. The predicted molar refractivity (Wildman–Crippen MR) is 154 cm³/mol. The third-order valence-electron chi connectivity index (χ3n) is 6.69. The Morgan fingerprint density at radius 3 is 2.44 bits per heavy atom. The van der Waals surface area contributed by atoms with Crippen LogP contribution in [0.2, 0.25) is 0 Å². The number of anilines is 4. The van der Waals surface area contributed by atoms with Crippen LogP contribution in [0.25, 0.3) is 21.3 Å². The summed E-state index contributed by atoms with van der Waals surface area (Å²) in [6.07, 6.45) is 1.67. The number of fused-ring (bicyclic) bond motifs is 1. The maximum atomic E-state index is 15.0. The molecule has 1 aliphatic heterocycles. The second-order valence-electron chi connectivity index (χ2n) is 10.5. The molecule has 0 spiro atoms. The largest absolute Gasteiger partial charge is 0.367 e. The standard InChI is InChI=1S/C27H30F2N6O2S2/c1-27(2,3)39(36,37)33-22-13-17(5-7-20(22)28)19-16-38-24-15-30-26(32-25(19)24)31-18-6-8-23(21(29)14-18)35-11-9-34(4)10-12-35/h5-8,13-16,33H,9-12H2,1-4H3,(H,30,31,32). The zero-order chi connectivity index (χ0) is 27.9. The summed E-state index contributed by atoms with van der Waals surface area (Å²) < 4.78 is 56.8. The molecule has 4 aromatic rings. The highest BCUT2D eigenvalue weighted by molar-refractivity contribution is 7.94. The molecule has 0 saturated carbocycles. The summed E-state index contributed by atoms with van der Waals surface area (Å²) >= 11 is 1.42. The van der Waals surface area contributed by atoms with Gasteiger partial charge in [0.15, 0.2) is 0 Å². The maximum Gasteiger partial charge on any atom is 0.237 e. The van der Waals surface area contributed by atoms with Crippen molar-refractivity contribution < 1.29 is 17.2 Å². The molecule has 5 rings (SSSR count). The SMILES string of the molecule is CN1CCN(c2ccc(Nc3ncc4scc(-c5ccc(F)c(NS(=O)(=O)C(C)(C)C)c5)c4n3)cc2F)CC1. The van der Waals surface area contributed by atoms with Crippen molar-refractivity contribution in [2.24, 2.45) is 0 Å². The highest BCUT2D eigenvalue weighted by Crippen LogP contribution is 2.36. The summed E-state index contributed by atoms with van der Waals surface area (Å²) in [4.78, 5) is 13.3. The number of likely N-dealkylation sites (N-methyl/N-ethyl adjacent to an activating group) is 1. The van der Waals surface area contributed by atoms with Crippen molar-refractivity contribution >= 4 is 54.6 Å². The quantitative estimate of drug-likeness (QED) is 0.308.